The molecule has 0 saturated heterocycles. The molecule has 0 amide bonds. The van der Waals surface area contributed by atoms with E-state index in [4.69, 9.17) is 5.84 Å². The van der Waals surface area contributed by atoms with Crippen molar-refractivity contribution in [3.8, 4) is 0 Å². The van der Waals surface area contributed by atoms with Gasteiger partial charge in [0.2, 0.25) is 0 Å². The number of aromatic nitrogens is 1. The number of nitrogens with zero attached hydrogens (tertiary/aromatic N) is 2. The predicted molar refractivity (Wildman–Crippen MR) is 78.1 cm³/mol. The van der Waals surface area contributed by atoms with Gasteiger partial charge < -0.3 is 5.43 Å². The molecule has 0 saturated carbocycles. The zero-order valence-corrected chi connectivity index (χ0v) is 11.9. The molecule has 3 N–H and O–H groups in total. The number of nitro groups is 1. The molecule has 106 valence electrons. The largest absolute Gasteiger partial charge is 0.318 e. The number of rotatable bonds is 4. The van der Waals surface area contributed by atoms with Gasteiger partial charge in [-0.2, -0.15) is 0 Å². The normalized spacial score (nSPS) is 10.6. The highest BCUT2D eigenvalue weighted by atomic mass is 32.1. The third-order valence-corrected chi connectivity index (χ3v) is 4.13. The van der Waals surface area contributed by atoms with E-state index in [1.54, 1.807) is 10.6 Å². The van der Waals surface area contributed by atoms with E-state index in [0.29, 0.717) is 12.1 Å². The van der Waals surface area contributed by atoms with Gasteiger partial charge in [0, 0.05) is 16.6 Å². The maximum Gasteiger partial charge on any atom is 0.307 e. The standard InChI is InChI=1S/C12H14N4O3S/c1-7-8(2)20-12(17)15(7)6-9-3-4-10(14-13)11(5-9)16(18)19/h3-5,14H,6,13H2,1-2H3. The van der Waals surface area contributed by atoms with Gasteiger partial charge in [0.15, 0.2) is 0 Å². The molecule has 1 aromatic heterocycles. The number of thiazole rings is 1. The lowest BCUT2D eigenvalue weighted by Crippen LogP contribution is -2.16. The number of nitrogens with two attached hydrogens (primary N) is 1. The lowest BCUT2D eigenvalue weighted by atomic mass is 10.1. The first kappa shape index (κ1) is 14.2. The van der Waals surface area contributed by atoms with E-state index < -0.39 is 4.92 Å². The van der Waals surface area contributed by atoms with E-state index in [2.05, 4.69) is 5.43 Å². The fraction of sp³-hybridized carbons (Fsp3) is 0.250. The number of nitrogens with one attached hydrogen (secondary N) is 1. The first-order chi connectivity index (χ1) is 9.43. The number of hydrogen-bond acceptors (Lipinski definition) is 6. The minimum atomic E-state index is -0.507. The molecule has 2 aromatic rings. The van der Waals surface area contributed by atoms with Crippen molar-refractivity contribution in [3.63, 3.8) is 0 Å². The summed E-state index contributed by atoms with van der Waals surface area (Å²) in [5.41, 5.74) is 3.98. The Kier molecular flexibility index (Phi) is 3.86. The number of nitro benzene ring substituents is 1. The van der Waals surface area contributed by atoms with Crippen molar-refractivity contribution in [3.05, 3.63) is 54.1 Å². The molecule has 0 fully saturated rings. The van der Waals surface area contributed by atoms with Crippen molar-refractivity contribution in [2.75, 3.05) is 5.43 Å². The summed E-state index contributed by atoms with van der Waals surface area (Å²) in [5.74, 6) is 5.23. The molecule has 7 nitrogen and oxygen atoms in total. The monoisotopic (exact) mass is 294 g/mol. The van der Waals surface area contributed by atoms with Crippen LogP contribution >= 0.6 is 11.3 Å². The van der Waals surface area contributed by atoms with Crippen molar-refractivity contribution >= 4 is 22.7 Å². The van der Waals surface area contributed by atoms with Gasteiger partial charge in [-0.25, -0.2) is 0 Å². The first-order valence-corrected chi connectivity index (χ1v) is 6.66. The third-order valence-electron chi connectivity index (χ3n) is 3.13. The molecule has 0 aliphatic heterocycles. The second kappa shape index (κ2) is 5.43. The van der Waals surface area contributed by atoms with Gasteiger partial charge in [0.1, 0.15) is 5.69 Å². The smallest absolute Gasteiger partial charge is 0.307 e. The Morgan fingerprint density at radius 3 is 2.65 bits per heavy atom. The second-order valence-corrected chi connectivity index (χ2v) is 5.51. The fourth-order valence-electron chi connectivity index (χ4n) is 1.90. The van der Waals surface area contributed by atoms with Crippen LogP contribution in [0.3, 0.4) is 0 Å². The lowest BCUT2D eigenvalue weighted by molar-refractivity contribution is -0.384. The van der Waals surface area contributed by atoms with Crippen molar-refractivity contribution in [1.82, 2.24) is 4.57 Å². The van der Waals surface area contributed by atoms with E-state index in [9.17, 15) is 14.9 Å². The summed E-state index contributed by atoms with van der Waals surface area (Å²) in [5, 5.41) is 11.0. The molecule has 0 atom stereocenters. The van der Waals surface area contributed by atoms with E-state index in [0.717, 1.165) is 10.6 Å². The van der Waals surface area contributed by atoms with Crippen molar-refractivity contribution in [1.29, 1.82) is 0 Å². The molecular formula is C12H14N4O3S. The molecule has 0 aliphatic rings. The number of benzene rings is 1. The summed E-state index contributed by atoms with van der Waals surface area (Å²) >= 11 is 1.17. The Bertz CT molecular complexity index is 720. The zero-order chi connectivity index (χ0) is 14.9. The van der Waals surface area contributed by atoms with Crippen LogP contribution in [0.15, 0.2) is 23.0 Å². The highest BCUT2D eigenvalue weighted by Gasteiger charge is 2.15. The Labute approximate surface area is 118 Å². The van der Waals surface area contributed by atoms with Crippen LogP contribution in [0, 0.1) is 24.0 Å². The lowest BCUT2D eigenvalue weighted by Gasteiger charge is -2.07. The van der Waals surface area contributed by atoms with Crippen molar-refractivity contribution in [2.24, 2.45) is 5.84 Å². The molecule has 1 aromatic carbocycles. The first-order valence-electron chi connectivity index (χ1n) is 5.84. The minimum absolute atomic E-state index is 0.0660. The van der Waals surface area contributed by atoms with Crippen LogP contribution in [0.1, 0.15) is 16.1 Å². The Hall–Kier alpha value is -2.19. The Balaban J connectivity index is 2.42. The summed E-state index contributed by atoms with van der Waals surface area (Å²) in [6.45, 7) is 4.04. The molecular weight excluding hydrogens is 280 g/mol. The summed E-state index contributed by atoms with van der Waals surface area (Å²) in [7, 11) is 0. The van der Waals surface area contributed by atoms with Gasteiger partial charge in [0.05, 0.1) is 11.5 Å². The fourth-order valence-corrected chi connectivity index (χ4v) is 2.73. The summed E-state index contributed by atoms with van der Waals surface area (Å²) in [6.07, 6.45) is 0. The van der Waals surface area contributed by atoms with Crippen LogP contribution in [-0.4, -0.2) is 9.49 Å². The maximum absolute atomic E-state index is 11.8. The molecule has 8 heteroatoms. The molecule has 1 heterocycles. The highest BCUT2D eigenvalue weighted by Crippen LogP contribution is 2.25. The zero-order valence-electron chi connectivity index (χ0n) is 11.0. The molecule has 0 spiro atoms. The SMILES string of the molecule is Cc1sc(=O)n(Cc2ccc(NN)c([N+](=O)[O-])c2)c1C. The van der Waals surface area contributed by atoms with Crippen LogP contribution in [0.25, 0.3) is 0 Å². The third kappa shape index (κ3) is 2.56. The van der Waals surface area contributed by atoms with E-state index in [1.165, 1.54) is 23.5 Å². The van der Waals surface area contributed by atoms with E-state index in [1.807, 2.05) is 13.8 Å². The average molecular weight is 294 g/mol. The maximum atomic E-state index is 11.8. The molecule has 0 unspecified atom stereocenters. The van der Waals surface area contributed by atoms with E-state index >= 15 is 0 Å². The highest BCUT2D eigenvalue weighted by molar-refractivity contribution is 7.09. The van der Waals surface area contributed by atoms with Gasteiger partial charge in [-0.15, -0.1) is 0 Å². The molecule has 2 rings (SSSR count). The average Bonchev–Trinajstić information content (AvgIpc) is 2.65. The molecule has 0 bridgehead atoms. The number of aryl methyl sites for hydroxylation is 1. The van der Waals surface area contributed by atoms with Crippen molar-refractivity contribution in [2.45, 2.75) is 20.4 Å². The van der Waals surface area contributed by atoms with Crippen LogP contribution < -0.4 is 16.1 Å². The number of hydrogen-bond donors (Lipinski definition) is 2. The number of nitrogen functional groups attached to an aromatic ring is 1. The van der Waals surface area contributed by atoms with Gasteiger partial charge in [-0.05, 0) is 25.5 Å². The molecule has 20 heavy (non-hydrogen) atoms. The number of anilines is 1. The number of hydrazine groups is 1. The summed E-state index contributed by atoms with van der Waals surface area (Å²) < 4.78 is 1.61. The summed E-state index contributed by atoms with van der Waals surface area (Å²) in [4.78, 5) is 23.2. The minimum Gasteiger partial charge on any atom is -0.318 e. The van der Waals surface area contributed by atoms with Crippen LogP contribution in [0.2, 0.25) is 0 Å². The van der Waals surface area contributed by atoms with Gasteiger partial charge in [-0.3, -0.25) is 25.3 Å². The van der Waals surface area contributed by atoms with Crippen LogP contribution in [0.5, 0.6) is 0 Å². The topological polar surface area (TPSA) is 103 Å². The van der Waals surface area contributed by atoms with Gasteiger partial charge >= 0.3 is 4.87 Å². The molecule has 0 aliphatic carbocycles. The van der Waals surface area contributed by atoms with Crippen LogP contribution in [0.4, 0.5) is 11.4 Å². The van der Waals surface area contributed by atoms with E-state index in [-0.39, 0.29) is 16.2 Å². The predicted octanol–water partition coefficient (Wildman–Crippen LogP) is 1.77. The van der Waals surface area contributed by atoms with Crippen molar-refractivity contribution < 1.29 is 4.92 Å². The van der Waals surface area contributed by atoms with Crippen LogP contribution in [-0.2, 0) is 6.54 Å². The second-order valence-electron chi connectivity index (χ2n) is 4.35. The quantitative estimate of drug-likeness (QED) is 0.508. The Morgan fingerprint density at radius 1 is 1.45 bits per heavy atom. The van der Waals surface area contributed by atoms with Gasteiger partial charge in [-0.1, -0.05) is 17.4 Å². The summed E-state index contributed by atoms with van der Waals surface area (Å²) in [6, 6.07) is 4.67. The van der Waals surface area contributed by atoms with Gasteiger partial charge in [0.25, 0.3) is 5.69 Å². The molecule has 0 radical (unpaired) electrons. The Morgan fingerprint density at radius 2 is 2.15 bits per heavy atom.